The molecule has 0 radical (unpaired) electrons. The van der Waals surface area contributed by atoms with E-state index < -0.39 is 57.8 Å². The Labute approximate surface area is 158 Å². The molecule has 156 valence electrons. The smallest absolute Gasteiger partial charge is 0.326 e. The van der Waals surface area contributed by atoms with Gasteiger partial charge in [-0.3, -0.25) is 18.7 Å². The SMILES string of the molecule is C=C(C)C(=O)N(C)CC(CN(C)C(=O)C(=C)C)(CP(=O)(O)O)CP(=O)(O)O. The van der Waals surface area contributed by atoms with Crippen molar-refractivity contribution in [3.8, 4) is 0 Å². The van der Waals surface area contributed by atoms with Crippen LogP contribution >= 0.6 is 15.2 Å². The lowest BCUT2D eigenvalue weighted by Crippen LogP contribution is -2.50. The van der Waals surface area contributed by atoms with Gasteiger partial charge in [-0.05, 0) is 13.8 Å². The highest BCUT2D eigenvalue weighted by atomic mass is 31.2. The van der Waals surface area contributed by atoms with Gasteiger partial charge in [-0.25, -0.2) is 0 Å². The number of hydrogen-bond donors (Lipinski definition) is 4. The molecule has 0 aliphatic carbocycles. The summed E-state index contributed by atoms with van der Waals surface area (Å²) in [6.07, 6.45) is -1.85. The molecule has 10 nitrogen and oxygen atoms in total. The van der Waals surface area contributed by atoms with Crippen LogP contribution in [0.4, 0.5) is 0 Å². The fraction of sp³-hybridized carbons (Fsp3) is 0.600. The third-order valence-electron chi connectivity index (χ3n) is 3.65. The van der Waals surface area contributed by atoms with Crippen LogP contribution in [-0.4, -0.2) is 80.7 Å². The first-order chi connectivity index (χ1) is 11.9. The highest BCUT2D eigenvalue weighted by molar-refractivity contribution is 7.53. The Balaban J connectivity index is 6.15. The first-order valence-electron chi connectivity index (χ1n) is 7.80. The van der Waals surface area contributed by atoms with Gasteiger partial charge in [-0.15, -0.1) is 0 Å². The van der Waals surface area contributed by atoms with Gasteiger partial charge in [-0.1, -0.05) is 13.2 Å². The molecule has 0 rings (SSSR count). The van der Waals surface area contributed by atoms with E-state index in [-0.39, 0.29) is 11.1 Å². The van der Waals surface area contributed by atoms with Gasteiger partial charge in [0, 0.05) is 43.7 Å². The van der Waals surface area contributed by atoms with Gasteiger partial charge in [0.2, 0.25) is 11.8 Å². The first-order valence-corrected chi connectivity index (χ1v) is 11.4. The number of nitrogens with zero attached hydrogens (tertiary/aromatic N) is 2. The van der Waals surface area contributed by atoms with Gasteiger partial charge < -0.3 is 29.4 Å². The zero-order chi connectivity index (χ0) is 21.8. The van der Waals surface area contributed by atoms with E-state index in [0.29, 0.717) is 0 Å². The van der Waals surface area contributed by atoms with Crippen LogP contribution in [-0.2, 0) is 18.7 Å². The Morgan fingerprint density at radius 2 is 1.07 bits per heavy atom. The summed E-state index contributed by atoms with van der Waals surface area (Å²) in [5.41, 5.74) is -1.46. The van der Waals surface area contributed by atoms with Crippen LogP contribution in [0.15, 0.2) is 24.3 Å². The minimum absolute atomic E-state index is 0.144. The van der Waals surface area contributed by atoms with Crippen molar-refractivity contribution in [2.45, 2.75) is 13.8 Å². The summed E-state index contributed by atoms with van der Waals surface area (Å²) in [4.78, 5) is 64.3. The molecule has 0 aliphatic heterocycles. The Hall–Kier alpha value is -1.28. The van der Waals surface area contributed by atoms with E-state index in [1.807, 2.05) is 0 Å². The summed E-state index contributed by atoms with van der Waals surface area (Å²) in [6, 6.07) is 0. The number of carbonyl (C=O) groups excluding carboxylic acids is 2. The van der Waals surface area contributed by atoms with Crippen LogP contribution in [0.2, 0.25) is 0 Å². The second-order valence-corrected chi connectivity index (χ2v) is 10.3. The molecule has 0 heterocycles. The normalized spacial score (nSPS) is 12.4. The van der Waals surface area contributed by atoms with Gasteiger partial charge in [-0.2, -0.15) is 0 Å². The molecule has 0 fully saturated rings. The van der Waals surface area contributed by atoms with Gasteiger partial charge in [0.05, 0.1) is 12.3 Å². The molecule has 0 aliphatic rings. The Morgan fingerprint density at radius 1 is 0.815 bits per heavy atom. The van der Waals surface area contributed by atoms with Gasteiger partial charge in [0.25, 0.3) is 0 Å². The number of carbonyl (C=O) groups is 2. The summed E-state index contributed by atoms with van der Waals surface area (Å²) in [5, 5.41) is 0. The molecule has 12 heteroatoms. The molecule has 0 atom stereocenters. The van der Waals surface area contributed by atoms with Crippen LogP contribution in [0.5, 0.6) is 0 Å². The van der Waals surface area contributed by atoms with Gasteiger partial charge >= 0.3 is 15.2 Å². The fourth-order valence-corrected chi connectivity index (χ4v) is 5.52. The predicted octanol–water partition coefficient (Wildman–Crippen LogP) is 0.397. The van der Waals surface area contributed by atoms with Crippen molar-refractivity contribution in [3.63, 3.8) is 0 Å². The molecular weight excluding hydrogens is 398 g/mol. The summed E-state index contributed by atoms with van der Waals surface area (Å²) >= 11 is 0. The van der Waals surface area contributed by atoms with Gasteiger partial charge in [0.1, 0.15) is 0 Å². The van der Waals surface area contributed by atoms with E-state index in [1.54, 1.807) is 0 Å². The predicted molar refractivity (Wildman–Crippen MR) is 101 cm³/mol. The van der Waals surface area contributed by atoms with Crippen LogP contribution in [0.25, 0.3) is 0 Å². The third kappa shape index (κ3) is 9.46. The minimum atomic E-state index is -4.76. The Bertz CT molecular complexity index is 649. The fourth-order valence-electron chi connectivity index (χ4n) is 2.98. The van der Waals surface area contributed by atoms with Crippen LogP contribution in [0, 0.1) is 5.41 Å². The maximum atomic E-state index is 12.1. The number of hydrogen-bond acceptors (Lipinski definition) is 4. The molecule has 0 saturated carbocycles. The lowest BCUT2D eigenvalue weighted by molar-refractivity contribution is -0.128. The Morgan fingerprint density at radius 3 is 1.26 bits per heavy atom. The van der Waals surface area contributed by atoms with Crippen molar-refractivity contribution in [1.82, 2.24) is 9.80 Å². The molecule has 2 amide bonds. The lowest BCUT2D eigenvalue weighted by atomic mass is 9.90. The molecule has 0 aromatic carbocycles. The highest BCUT2D eigenvalue weighted by Crippen LogP contribution is 2.50. The number of rotatable bonds is 10. The summed E-state index contributed by atoms with van der Waals surface area (Å²) in [7, 11) is -6.87. The van der Waals surface area contributed by atoms with E-state index in [1.165, 1.54) is 27.9 Å². The quantitative estimate of drug-likeness (QED) is 0.289. The maximum Gasteiger partial charge on any atom is 0.326 e. The molecule has 0 spiro atoms. The molecule has 0 bridgehead atoms. The second-order valence-electron chi connectivity index (χ2n) is 7.03. The zero-order valence-electron chi connectivity index (χ0n) is 16.0. The van der Waals surface area contributed by atoms with E-state index in [0.717, 1.165) is 9.80 Å². The van der Waals surface area contributed by atoms with E-state index in [2.05, 4.69) is 13.2 Å². The molecule has 0 aromatic heterocycles. The van der Waals surface area contributed by atoms with Crippen molar-refractivity contribution in [2.24, 2.45) is 5.41 Å². The van der Waals surface area contributed by atoms with Crippen molar-refractivity contribution in [1.29, 1.82) is 0 Å². The topological polar surface area (TPSA) is 156 Å². The molecule has 0 unspecified atom stereocenters. The molecular formula is C15H28N2O8P2. The van der Waals surface area contributed by atoms with Crippen LogP contribution < -0.4 is 0 Å². The average Bonchev–Trinajstić information content (AvgIpc) is 2.40. The molecule has 0 saturated heterocycles. The Kier molecular flexibility index (Phi) is 8.84. The molecule has 4 N–H and O–H groups in total. The molecule has 27 heavy (non-hydrogen) atoms. The number of likely N-dealkylation sites (N-methyl/N-ethyl adjacent to an activating group) is 2. The van der Waals surface area contributed by atoms with E-state index in [9.17, 15) is 38.3 Å². The first kappa shape index (κ1) is 25.7. The van der Waals surface area contributed by atoms with Crippen molar-refractivity contribution in [3.05, 3.63) is 24.3 Å². The van der Waals surface area contributed by atoms with E-state index >= 15 is 0 Å². The zero-order valence-corrected chi connectivity index (χ0v) is 17.7. The van der Waals surface area contributed by atoms with Crippen molar-refractivity contribution < 1.29 is 38.3 Å². The lowest BCUT2D eigenvalue weighted by Gasteiger charge is -2.40. The summed E-state index contributed by atoms with van der Waals surface area (Å²) < 4.78 is 23.4. The maximum absolute atomic E-state index is 12.1. The van der Waals surface area contributed by atoms with Crippen LogP contribution in [0.3, 0.4) is 0 Å². The summed E-state index contributed by atoms with van der Waals surface area (Å²) in [6.45, 7) is 9.05. The van der Waals surface area contributed by atoms with Crippen molar-refractivity contribution >= 4 is 27.0 Å². The largest absolute Gasteiger partial charge is 0.341 e. The van der Waals surface area contributed by atoms with Gasteiger partial charge in [0.15, 0.2) is 0 Å². The van der Waals surface area contributed by atoms with E-state index in [4.69, 9.17) is 0 Å². The molecule has 0 aromatic rings. The van der Waals surface area contributed by atoms with Crippen LogP contribution in [0.1, 0.15) is 13.8 Å². The monoisotopic (exact) mass is 426 g/mol. The average molecular weight is 426 g/mol. The minimum Gasteiger partial charge on any atom is -0.341 e. The second kappa shape index (κ2) is 9.28. The number of amides is 2. The highest BCUT2D eigenvalue weighted by Gasteiger charge is 2.45. The summed E-state index contributed by atoms with van der Waals surface area (Å²) in [5.74, 6) is -1.10. The standard InChI is InChI=1S/C15H28N2O8P2/c1-11(2)13(18)16(5)7-15(9-26(20,21)22,10-27(23,24)25)8-17(6)14(19)12(3)4/h1,3,7-10H2,2,4-6H3,(H2,20,21,22)(H2,23,24,25). The third-order valence-corrected chi connectivity index (χ3v) is 5.82. The van der Waals surface area contributed by atoms with Crippen molar-refractivity contribution in [2.75, 3.05) is 39.5 Å².